The van der Waals surface area contributed by atoms with Crippen molar-refractivity contribution in [3.63, 3.8) is 0 Å². The number of rotatable bonds is 8. The molecule has 1 heterocycles. The predicted molar refractivity (Wildman–Crippen MR) is 84.5 cm³/mol. The number of amides is 1. The third-order valence-corrected chi connectivity index (χ3v) is 3.54. The molecule has 5 nitrogen and oxygen atoms in total. The van der Waals surface area contributed by atoms with E-state index in [0.29, 0.717) is 26.4 Å². The van der Waals surface area contributed by atoms with Crippen LogP contribution in [0.15, 0.2) is 18.2 Å². The van der Waals surface area contributed by atoms with Crippen LogP contribution >= 0.6 is 0 Å². The van der Waals surface area contributed by atoms with Gasteiger partial charge in [0, 0.05) is 13.2 Å². The molecule has 0 radical (unpaired) electrons. The van der Waals surface area contributed by atoms with Crippen molar-refractivity contribution in [2.24, 2.45) is 0 Å². The molecule has 122 valence electrons. The fraction of sp³-hybridized carbons (Fsp3) is 0.588. The lowest BCUT2D eigenvalue weighted by Crippen LogP contribution is -2.35. The Hall–Kier alpha value is -1.75. The maximum absolute atomic E-state index is 11.9. The average molecular weight is 307 g/mol. The van der Waals surface area contributed by atoms with Gasteiger partial charge < -0.3 is 19.5 Å². The fourth-order valence-corrected chi connectivity index (χ4v) is 2.48. The second-order valence-corrected chi connectivity index (χ2v) is 5.19. The van der Waals surface area contributed by atoms with Gasteiger partial charge in [-0.2, -0.15) is 0 Å². The normalized spacial score (nSPS) is 17.3. The lowest BCUT2D eigenvalue weighted by atomic mass is 10.1. The van der Waals surface area contributed by atoms with E-state index in [1.807, 2.05) is 32.0 Å². The molecule has 0 saturated carbocycles. The van der Waals surface area contributed by atoms with Gasteiger partial charge >= 0.3 is 0 Å². The van der Waals surface area contributed by atoms with Gasteiger partial charge in [-0.25, -0.2) is 0 Å². The summed E-state index contributed by atoms with van der Waals surface area (Å²) in [5.41, 5.74) is 1.11. The summed E-state index contributed by atoms with van der Waals surface area (Å²) >= 11 is 0. The Morgan fingerprint density at radius 1 is 1.27 bits per heavy atom. The maximum Gasteiger partial charge on any atom is 0.249 e. The topological polar surface area (TPSA) is 56.8 Å². The second-order valence-electron chi connectivity index (χ2n) is 5.19. The van der Waals surface area contributed by atoms with Crippen LogP contribution in [0.2, 0.25) is 0 Å². The summed E-state index contributed by atoms with van der Waals surface area (Å²) in [7, 11) is 0. The van der Waals surface area contributed by atoms with Gasteiger partial charge in [0.1, 0.15) is 6.10 Å². The first-order chi connectivity index (χ1) is 10.7. The number of benzene rings is 1. The Kier molecular flexibility index (Phi) is 6.52. The van der Waals surface area contributed by atoms with Crippen molar-refractivity contribution in [3.8, 4) is 11.5 Å². The van der Waals surface area contributed by atoms with Crippen LogP contribution in [0, 0.1) is 0 Å². The van der Waals surface area contributed by atoms with Crippen LogP contribution in [0.25, 0.3) is 0 Å². The molecule has 0 bridgehead atoms. The van der Waals surface area contributed by atoms with Gasteiger partial charge in [0.25, 0.3) is 0 Å². The highest BCUT2D eigenvalue weighted by Crippen LogP contribution is 2.28. The summed E-state index contributed by atoms with van der Waals surface area (Å²) < 4.78 is 16.5. The molecular formula is C17H25NO4. The van der Waals surface area contributed by atoms with Crippen molar-refractivity contribution in [1.29, 1.82) is 0 Å². The maximum atomic E-state index is 11.9. The van der Waals surface area contributed by atoms with Crippen molar-refractivity contribution in [1.82, 2.24) is 5.32 Å². The van der Waals surface area contributed by atoms with Gasteiger partial charge in [0.15, 0.2) is 11.5 Å². The number of hydrogen-bond acceptors (Lipinski definition) is 4. The van der Waals surface area contributed by atoms with Crippen molar-refractivity contribution in [3.05, 3.63) is 23.8 Å². The van der Waals surface area contributed by atoms with E-state index in [-0.39, 0.29) is 12.0 Å². The molecule has 0 aliphatic carbocycles. The molecular weight excluding hydrogens is 282 g/mol. The Morgan fingerprint density at radius 3 is 2.73 bits per heavy atom. The molecule has 1 aromatic carbocycles. The van der Waals surface area contributed by atoms with Gasteiger partial charge in [-0.1, -0.05) is 6.07 Å². The van der Waals surface area contributed by atoms with Gasteiger partial charge in [-0.15, -0.1) is 0 Å². The summed E-state index contributed by atoms with van der Waals surface area (Å²) in [4.78, 5) is 11.9. The summed E-state index contributed by atoms with van der Waals surface area (Å²) in [5, 5.41) is 2.93. The zero-order chi connectivity index (χ0) is 15.8. The number of carbonyl (C=O) groups is 1. The van der Waals surface area contributed by atoms with Crippen LogP contribution in [0.5, 0.6) is 11.5 Å². The summed E-state index contributed by atoms with van der Waals surface area (Å²) in [5.74, 6) is 1.51. The van der Waals surface area contributed by atoms with E-state index in [2.05, 4.69) is 5.32 Å². The first kappa shape index (κ1) is 16.6. The smallest absolute Gasteiger partial charge is 0.249 e. The lowest BCUT2D eigenvalue weighted by molar-refractivity contribution is -0.129. The first-order valence-corrected chi connectivity index (χ1v) is 8.02. The van der Waals surface area contributed by atoms with Crippen molar-refractivity contribution < 1.29 is 19.0 Å². The largest absolute Gasteiger partial charge is 0.490 e. The van der Waals surface area contributed by atoms with Gasteiger partial charge in [0.2, 0.25) is 5.91 Å². The van der Waals surface area contributed by atoms with Crippen molar-refractivity contribution in [2.45, 2.75) is 39.2 Å². The molecule has 1 aliphatic heterocycles. The van der Waals surface area contributed by atoms with Crippen LogP contribution in [0.1, 0.15) is 32.3 Å². The Labute approximate surface area is 131 Å². The molecule has 0 unspecified atom stereocenters. The third kappa shape index (κ3) is 4.63. The quantitative estimate of drug-likeness (QED) is 0.801. The van der Waals surface area contributed by atoms with Crippen molar-refractivity contribution >= 4 is 5.91 Å². The van der Waals surface area contributed by atoms with E-state index in [4.69, 9.17) is 14.2 Å². The first-order valence-electron chi connectivity index (χ1n) is 8.02. The summed E-state index contributed by atoms with van der Waals surface area (Å²) in [6, 6.07) is 5.91. The van der Waals surface area contributed by atoms with Crippen LogP contribution in [0.3, 0.4) is 0 Å². The van der Waals surface area contributed by atoms with Gasteiger partial charge in [0.05, 0.1) is 13.2 Å². The molecule has 1 aliphatic rings. The number of ether oxygens (including phenoxy) is 3. The minimum Gasteiger partial charge on any atom is -0.490 e. The Morgan fingerprint density at radius 2 is 2.05 bits per heavy atom. The van der Waals surface area contributed by atoms with E-state index in [1.165, 1.54) is 0 Å². The standard InChI is InChI=1S/C17H25NO4/c1-3-20-14-8-7-13(12-16(14)21-4-2)9-10-18-17(19)15-6-5-11-22-15/h7-8,12,15H,3-6,9-11H2,1-2H3,(H,18,19)/t15-/m0/s1. The monoisotopic (exact) mass is 307 g/mol. The molecule has 1 saturated heterocycles. The van der Waals surface area contributed by atoms with E-state index in [9.17, 15) is 4.79 Å². The molecule has 1 atom stereocenters. The SMILES string of the molecule is CCOc1ccc(CCNC(=O)[C@@H]2CCCO2)cc1OCC. The van der Waals surface area contributed by atoms with E-state index in [1.54, 1.807) is 0 Å². The minimum absolute atomic E-state index is 0.00605. The molecule has 1 amide bonds. The molecule has 1 fully saturated rings. The van der Waals surface area contributed by atoms with E-state index < -0.39 is 0 Å². The number of hydrogen-bond donors (Lipinski definition) is 1. The lowest BCUT2D eigenvalue weighted by Gasteiger charge is -2.13. The zero-order valence-corrected chi connectivity index (χ0v) is 13.4. The molecule has 1 aromatic rings. The van der Waals surface area contributed by atoms with Crippen LogP contribution in [-0.2, 0) is 16.0 Å². The van der Waals surface area contributed by atoms with Crippen LogP contribution in [0.4, 0.5) is 0 Å². The molecule has 0 aromatic heterocycles. The average Bonchev–Trinajstić information content (AvgIpc) is 3.04. The predicted octanol–water partition coefficient (Wildman–Crippen LogP) is 2.32. The Bertz CT molecular complexity index is 484. The highest BCUT2D eigenvalue weighted by atomic mass is 16.5. The van der Waals surface area contributed by atoms with E-state index >= 15 is 0 Å². The highest BCUT2D eigenvalue weighted by Gasteiger charge is 2.22. The fourth-order valence-electron chi connectivity index (χ4n) is 2.48. The van der Waals surface area contributed by atoms with Crippen LogP contribution in [-0.4, -0.2) is 38.4 Å². The minimum atomic E-state index is -0.265. The van der Waals surface area contributed by atoms with Crippen molar-refractivity contribution in [2.75, 3.05) is 26.4 Å². The summed E-state index contributed by atoms with van der Waals surface area (Å²) in [6.07, 6.45) is 2.28. The van der Waals surface area contributed by atoms with Gasteiger partial charge in [-0.05, 0) is 50.8 Å². The third-order valence-electron chi connectivity index (χ3n) is 3.54. The van der Waals surface area contributed by atoms with E-state index in [0.717, 1.165) is 36.3 Å². The molecule has 1 N–H and O–H groups in total. The van der Waals surface area contributed by atoms with Crippen LogP contribution < -0.4 is 14.8 Å². The second kappa shape index (κ2) is 8.63. The number of nitrogens with one attached hydrogen (secondary N) is 1. The molecule has 2 rings (SSSR count). The Balaban J connectivity index is 1.86. The molecule has 22 heavy (non-hydrogen) atoms. The molecule has 0 spiro atoms. The summed E-state index contributed by atoms with van der Waals surface area (Å²) in [6.45, 7) is 6.39. The molecule has 5 heteroatoms. The number of carbonyl (C=O) groups excluding carboxylic acids is 1. The zero-order valence-electron chi connectivity index (χ0n) is 13.4. The van der Waals surface area contributed by atoms with Gasteiger partial charge in [-0.3, -0.25) is 4.79 Å². The highest BCUT2D eigenvalue weighted by molar-refractivity contribution is 5.80.